The van der Waals surface area contributed by atoms with Gasteiger partial charge in [-0.3, -0.25) is 24.6 Å². The van der Waals surface area contributed by atoms with Crippen LogP contribution in [-0.4, -0.2) is 42.4 Å². The van der Waals surface area contributed by atoms with E-state index in [2.05, 4.69) is 10.6 Å². The van der Waals surface area contributed by atoms with E-state index < -0.39 is 17.8 Å². The van der Waals surface area contributed by atoms with E-state index in [0.29, 0.717) is 28.5 Å². The van der Waals surface area contributed by atoms with Crippen molar-refractivity contribution in [3.05, 3.63) is 83.3 Å². The standard InChI is InChI=1S/C26H23N3O7/c1-16-5-8-18(9-6-16)27-23(30)15-36-21-10-7-17(13-22(21)34-2)12-20-24(31)28-26(33)29(25(20)32)14-19-4-3-11-35-19/h3-13H,14-15H2,1-2H3,(H,27,30)(H,28,31,33)/b20-12+. The van der Waals surface area contributed by atoms with Crippen LogP contribution in [0.3, 0.4) is 0 Å². The Labute approximate surface area is 206 Å². The van der Waals surface area contributed by atoms with Crippen molar-refractivity contribution >= 4 is 35.5 Å². The second kappa shape index (κ2) is 10.6. The predicted molar refractivity (Wildman–Crippen MR) is 129 cm³/mol. The lowest BCUT2D eigenvalue weighted by atomic mass is 10.1. The third-order valence-corrected chi connectivity index (χ3v) is 5.27. The number of methoxy groups -OCH3 is 1. The quantitative estimate of drug-likeness (QED) is 0.367. The number of imide groups is 2. The Morgan fingerprint density at radius 3 is 2.56 bits per heavy atom. The fourth-order valence-electron chi connectivity index (χ4n) is 3.43. The SMILES string of the molecule is COc1cc(/C=C2\C(=O)NC(=O)N(Cc3ccco3)C2=O)ccc1OCC(=O)Nc1ccc(C)cc1. The predicted octanol–water partition coefficient (Wildman–Crippen LogP) is 3.28. The van der Waals surface area contributed by atoms with Crippen LogP contribution >= 0.6 is 0 Å². The fraction of sp³-hybridized carbons (Fsp3) is 0.154. The minimum absolute atomic E-state index is 0.122. The molecule has 3 aromatic rings. The van der Waals surface area contributed by atoms with Crippen LogP contribution in [0.5, 0.6) is 11.5 Å². The smallest absolute Gasteiger partial charge is 0.331 e. The molecule has 0 bridgehead atoms. The first kappa shape index (κ1) is 24.3. The van der Waals surface area contributed by atoms with Crippen LogP contribution in [0.4, 0.5) is 10.5 Å². The lowest BCUT2D eigenvalue weighted by Gasteiger charge is -2.25. The molecule has 0 radical (unpaired) electrons. The maximum atomic E-state index is 12.9. The van der Waals surface area contributed by atoms with E-state index in [1.54, 1.807) is 42.5 Å². The molecule has 1 saturated heterocycles. The zero-order valence-electron chi connectivity index (χ0n) is 19.6. The molecule has 5 amide bonds. The number of anilines is 1. The van der Waals surface area contributed by atoms with Crippen LogP contribution in [0.15, 0.2) is 70.9 Å². The molecule has 1 aliphatic heterocycles. The number of amides is 5. The third kappa shape index (κ3) is 5.61. The molecule has 0 aliphatic carbocycles. The van der Waals surface area contributed by atoms with Crippen molar-refractivity contribution in [2.75, 3.05) is 19.0 Å². The van der Waals surface area contributed by atoms with Gasteiger partial charge in [0, 0.05) is 5.69 Å². The number of carbonyl (C=O) groups excluding carboxylic acids is 4. The van der Waals surface area contributed by atoms with Crippen molar-refractivity contribution in [3.8, 4) is 11.5 Å². The number of hydrogen-bond acceptors (Lipinski definition) is 7. The largest absolute Gasteiger partial charge is 0.493 e. The van der Waals surface area contributed by atoms with Crippen LogP contribution in [0.2, 0.25) is 0 Å². The van der Waals surface area contributed by atoms with Crippen molar-refractivity contribution < 1.29 is 33.1 Å². The highest BCUT2D eigenvalue weighted by atomic mass is 16.5. The molecule has 1 fully saturated rings. The van der Waals surface area contributed by atoms with E-state index >= 15 is 0 Å². The van der Waals surface area contributed by atoms with Crippen LogP contribution in [0.1, 0.15) is 16.9 Å². The Hall–Kier alpha value is -4.86. The van der Waals surface area contributed by atoms with Crippen molar-refractivity contribution in [2.24, 2.45) is 0 Å². The van der Waals surface area contributed by atoms with Crippen molar-refractivity contribution in [2.45, 2.75) is 13.5 Å². The van der Waals surface area contributed by atoms with Crippen LogP contribution in [0.25, 0.3) is 6.08 Å². The molecule has 10 nitrogen and oxygen atoms in total. The van der Waals surface area contributed by atoms with Gasteiger partial charge in [0.25, 0.3) is 17.7 Å². The van der Waals surface area contributed by atoms with Crippen molar-refractivity contribution in [1.29, 1.82) is 0 Å². The Morgan fingerprint density at radius 1 is 1.08 bits per heavy atom. The van der Waals surface area contributed by atoms with Gasteiger partial charge < -0.3 is 19.2 Å². The van der Waals surface area contributed by atoms with Gasteiger partial charge in [0.1, 0.15) is 11.3 Å². The molecule has 2 aromatic carbocycles. The molecule has 2 heterocycles. The van der Waals surface area contributed by atoms with E-state index in [1.807, 2.05) is 19.1 Å². The summed E-state index contributed by atoms with van der Waals surface area (Å²) in [6.45, 7) is 1.58. The molecule has 184 valence electrons. The number of hydrogen-bond donors (Lipinski definition) is 2. The van der Waals surface area contributed by atoms with E-state index in [4.69, 9.17) is 13.9 Å². The number of furan rings is 1. The fourth-order valence-corrected chi connectivity index (χ4v) is 3.43. The molecule has 0 saturated carbocycles. The van der Waals surface area contributed by atoms with Crippen LogP contribution < -0.4 is 20.1 Å². The molecular weight excluding hydrogens is 466 g/mol. The number of ether oxygens (including phenoxy) is 2. The first-order chi connectivity index (χ1) is 17.3. The molecule has 36 heavy (non-hydrogen) atoms. The monoisotopic (exact) mass is 489 g/mol. The zero-order valence-corrected chi connectivity index (χ0v) is 19.6. The number of benzene rings is 2. The van der Waals surface area contributed by atoms with E-state index in [0.717, 1.165) is 10.5 Å². The normalized spacial score (nSPS) is 14.6. The Morgan fingerprint density at radius 2 is 1.86 bits per heavy atom. The van der Waals surface area contributed by atoms with Crippen molar-refractivity contribution in [3.63, 3.8) is 0 Å². The number of carbonyl (C=O) groups is 4. The van der Waals surface area contributed by atoms with Gasteiger partial charge >= 0.3 is 6.03 Å². The number of nitrogens with one attached hydrogen (secondary N) is 2. The molecule has 0 spiro atoms. The lowest BCUT2D eigenvalue weighted by Crippen LogP contribution is -2.53. The molecule has 10 heteroatoms. The summed E-state index contributed by atoms with van der Waals surface area (Å²) >= 11 is 0. The molecule has 2 N–H and O–H groups in total. The molecule has 4 rings (SSSR count). The summed E-state index contributed by atoms with van der Waals surface area (Å²) in [6, 6.07) is 14.5. The summed E-state index contributed by atoms with van der Waals surface area (Å²) < 4.78 is 16.1. The molecule has 1 aromatic heterocycles. The van der Waals surface area contributed by atoms with E-state index in [1.165, 1.54) is 19.4 Å². The summed E-state index contributed by atoms with van der Waals surface area (Å²) in [5.74, 6) is -0.938. The molecule has 1 aliphatic rings. The number of barbiturate groups is 1. The van der Waals surface area contributed by atoms with Crippen LogP contribution in [0, 0.1) is 6.92 Å². The van der Waals surface area contributed by atoms with E-state index in [-0.39, 0.29) is 24.6 Å². The highest BCUT2D eigenvalue weighted by Gasteiger charge is 2.36. The Bertz CT molecular complexity index is 1330. The summed E-state index contributed by atoms with van der Waals surface area (Å²) in [7, 11) is 1.42. The third-order valence-electron chi connectivity index (χ3n) is 5.27. The highest BCUT2D eigenvalue weighted by Crippen LogP contribution is 2.29. The second-order valence-electron chi connectivity index (χ2n) is 7.90. The Kier molecular flexibility index (Phi) is 7.15. The number of nitrogens with zero attached hydrogens (tertiary/aromatic N) is 1. The summed E-state index contributed by atoms with van der Waals surface area (Å²) in [4.78, 5) is 50.5. The van der Waals surface area contributed by atoms with Gasteiger partial charge in [-0.2, -0.15) is 0 Å². The average Bonchev–Trinajstić information content (AvgIpc) is 3.38. The minimum atomic E-state index is -0.830. The first-order valence-electron chi connectivity index (χ1n) is 10.9. The van der Waals surface area contributed by atoms with Crippen LogP contribution in [-0.2, 0) is 20.9 Å². The Balaban J connectivity index is 1.46. The minimum Gasteiger partial charge on any atom is -0.493 e. The van der Waals surface area contributed by atoms with Gasteiger partial charge in [0.05, 0.1) is 19.9 Å². The molecular formula is C26H23N3O7. The van der Waals surface area contributed by atoms with Gasteiger partial charge in [-0.15, -0.1) is 0 Å². The average molecular weight is 489 g/mol. The topological polar surface area (TPSA) is 127 Å². The summed E-state index contributed by atoms with van der Waals surface area (Å²) in [5, 5.41) is 4.90. The van der Waals surface area contributed by atoms with Gasteiger partial charge in [-0.05, 0) is 55.0 Å². The second-order valence-corrected chi connectivity index (χ2v) is 7.90. The maximum absolute atomic E-state index is 12.9. The van der Waals surface area contributed by atoms with Gasteiger partial charge in [0.2, 0.25) is 0 Å². The van der Waals surface area contributed by atoms with E-state index in [9.17, 15) is 19.2 Å². The van der Waals surface area contributed by atoms with Gasteiger partial charge in [-0.1, -0.05) is 23.8 Å². The summed E-state index contributed by atoms with van der Waals surface area (Å²) in [6.07, 6.45) is 2.77. The molecule has 0 unspecified atom stereocenters. The number of rotatable bonds is 8. The highest BCUT2D eigenvalue weighted by molar-refractivity contribution is 6.30. The maximum Gasteiger partial charge on any atom is 0.331 e. The lowest BCUT2D eigenvalue weighted by molar-refractivity contribution is -0.130. The van der Waals surface area contributed by atoms with Gasteiger partial charge in [0.15, 0.2) is 18.1 Å². The zero-order chi connectivity index (χ0) is 25.7. The number of aryl methyl sites for hydroxylation is 1. The number of urea groups is 1. The summed E-state index contributed by atoms with van der Waals surface area (Å²) in [5.41, 5.74) is 1.95. The molecule has 0 atom stereocenters. The van der Waals surface area contributed by atoms with Crippen molar-refractivity contribution in [1.82, 2.24) is 10.2 Å². The first-order valence-corrected chi connectivity index (χ1v) is 10.9. The van der Waals surface area contributed by atoms with Gasteiger partial charge in [-0.25, -0.2) is 4.79 Å².